The van der Waals surface area contributed by atoms with E-state index in [0.717, 1.165) is 4.43 Å². The fourth-order valence-corrected chi connectivity index (χ4v) is 3.82. The van der Waals surface area contributed by atoms with Crippen LogP contribution in [0, 0.1) is 5.92 Å². The summed E-state index contributed by atoms with van der Waals surface area (Å²) < 4.78 is 27.0. The van der Waals surface area contributed by atoms with E-state index in [-0.39, 0.29) is 16.9 Å². The van der Waals surface area contributed by atoms with Gasteiger partial charge in [0.25, 0.3) is 0 Å². The highest BCUT2D eigenvalue weighted by Gasteiger charge is 2.22. The summed E-state index contributed by atoms with van der Waals surface area (Å²) in [5.74, 6) is 0.267. The Hall–Kier alpha value is -0.150. The maximum atomic E-state index is 11.8. The number of H-pyrrole nitrogens is 1. The van der Waals surface area contributed by atoms with Crippen LogP contribution in [0.2, 0.25) is 0 Å². The number of aromatic nitrogens is 2. The van der Waals surface area contributed by atoms with Crippen LogP contribution < -0.4 is 4.72 Å². The van der Waals surface area contributed by atoms with Crippen molar-refractivity contribution in [1.82, 2.24) is 14.9 Å². The van der Waals surface area contributed by atoms with Crippen LogP contribution in [0.4, 0.5) is 0 Å². The number of nitrogens with one attached hydrogen (secondary N) is 2. The van der Waals surface area contributed by atoms with Crippen LogP contribution in [0.5, 0.6) is 0 Å². The van der Waals surface area contributed by atoms with Gasteiger partial charge in [-0.15, -0.1) is 0 Å². The quantitative estimate of drug-likeness (QED) is 0.622. The van der Waals surface area contributed by atoms with E-state index in [1.165, 1.54) is 12.4 Å². The van der Waals surface area contributed by atoms with Crippen LogP contribution in [0.25, 0.3) is 0 Å². The lowest BCUT2D eigenvalue weighted by atomic mass is 10.1. The third-order valence-corrected chi connectivity index (χ3v) is 4.47. The zero-order valence-corrected chi connectivity index (χ0v) is 11.5. The summed E-state index contributed by atoms with van der Waals surface area (Å²) in [5.41, 5.74) is 0. The van der Waals surface area contributed by atoms with Gasteiger partial charge in [0.2, 0.25) is 10.0 Å². The van der Waals surface area contributed by atoms with Crippen molar-refractivity contribution in [2.75, 3.05) is 4.43 Å². The monoisotopic (exact) mass is 343 g/mol. The molecule has 0 aliphatic heterocycles. The number of sulfonamides is 1. The van der Waals surface area contributed by atoms with Crippen molar-refractivity contribution in [3.05, 3.63) is 12.4 Å². The second-order valence-corrected chi connectivity index (χ2v) is 6.15. The molecule has 2 N–H and O–H groups in total. The molecule has 0 aromatic carbocycles. The maximum absolute atomic E-state index is 11.8. The highest BCUT2D eigenvalue weighted by molar-refractivity contribution is 14.1. The largest absolute Gasteiger partial charge is 0.284 e. The molecular formula is C8H14IN3O2S. The Bertz CT molecular complexity index is 388. The summed E-state index contributed by atoms with van der Waals surface area (Å²) in [6.07, 6.45) is 2.67. The van der Waals surface area contributed by atoms with Crippen LogP contribution in [0.1, 0.15) is 13.8 Å². The van der Waals surface area contributed by atoms with E-state index in [9.17, 15) is 8.42 Å². The van der Waals surface area contributed by atoms with Crippen molar-refractivity contribution in [1.29, 1.82) is 0 Å². The molecule has 0 aliphatic carbocycles. The minimum Gasteiger partial charge on any atom is -0.284 e. The lowest BCUT2D eigenvalue weighted by Gasteiger charge is -2.19. The zero-order valence-electron chi connectivity index (χ0n) is 8.57. The molecule has 0 fully saturated rings. The molecule has 5 nitrogen and oxygen atoms in total. The van der Waals surface area contributed by atoms with Gasteiger partial charge < -0.3 is 0 Å². The second-order valence-electron chi connectivity index (χ2n) is 3.56. The topological polar surface area (TPSA) is 74.8 Å². The van der Waals surface area contributed by atoms with E-state index < -0.39 is 10.0 Å². The van der Waals surface area contributed by atoms with Gasteiger partial charge in [0, 0.05) is 16.7 Å². The standard InChI is InChI=1S/C8H14IN3O2S/c1-6(2)8(3-9)12-15(13,14)7-4-10-11-5-7/h4-6,8,12H,3H2,1-2H3,(H,10,11). The van der Waals surface area contributed by atoms with Gasteiger partial charge in [-0.1, -0.05) is 36.4 Å². The SMILES string of the molecule is CC(C)C(CI)NS(=O)(=O)c1cn[nH]c1. The normalized spacial score (nSPS) is 14.4. The van der Waals surface area contributed by atoms with Gasteiger partial charge in [-0.3, -0.25) is 5.10 Å². The Balaban J connectivity index is 2.81. The maximum Gasteiger partial charge on any atom is 0.243 e. The van der Waals surface area contributed by atoms with Crippen molar-refractivity contribution in [2.24, 2.45) is 5.92 Å². The molecule has 0 bridgehead atoms. The van der Waals surface area contributed by atoms with E-state index >= 15 is 0 Å². The molecule has 0 saturated heterocycles. The van der Waals surface area contributed by atoms with Gasteiger partial charge >= 0.3 is 0 Å². The Labute approximate surface area is 103 Å². The molecule has 1 heterocycles. The van der Waals surface area contributed by atoms with Gasteiger partial charge in [0.05, 0.1) is 6.20 Å². The van der Waals surface area contributed by atoms with Crippen LogP contribution in [-0.2, 0) is 10.0 Å². The molecule has 86 valence electrons. The molecule has 15 heavy (non-hydrogen) atoms. The van der Waals surface area contributed by atoms with E-state index in [0.29, 0.717) is 0 Å². The predicted octanol–water partition coefficient (Wildman–Crippen LogP) is 1.15. The van der Waals surface area contributed by atoms with Crippen LogP contribution in [0.15, 0.2) is 17.3 Å². The molecule has 0 amide bonds. The summed E-state index contributed by atoms with van der Waals surface area (Å²) >= 11 is 2.17. The Morgan fingerprint density at radius 1 is 1.60 bits per heavy atom. The van der Waals surface area contributed by atoms with Crippen molar-refractivity contribution in [3.63, 3.8) is 0 Å². The van der Waals surface area contributed by atoms with Crippen molar-refractivity contribution in [3.8, 4) is 0 Å². The summed E-state index contributed by atoms with van der Waals surface area (Å²) in [4.78, 5) is 0.179. The van der Waals surface area contributed by atoms with Crippen molar-refractivity contribution >= 4 is 32.6 Å². The van der Waals surface area contributed by atoms with Crippen LogP contribution in [0.3, 0.4) is 0 Å². The third kappa shape index (κ3) is 3.42. The average Bonchev–Trinajstić information content (AvgIpc) is 2.67. The Morgan fingerprint density at radius 3 is 2.67 bits per heavy atom. The highest BCUT2D eigenvalue weighted by Crippen LogP contribution is 2.11. The number of nitrogens with zero attached hydrogens (tertiary/aromatic N) is 1. The molecule has 0 aliphatic rings. The Kier molecular flexibility index (Phi) is 4.53. The minimum absolute atomic E-state index is 0.0505. The van der Waals surface area contributed by atoms with Gasteiger partial charge in [-0.05, 0) is 5.92 Å². The Morgan fingerprint density at radius 2 is 2.27 bits per heavy atom. The van der Waals surface area contributed by atoms with E-state index in [1.807, 2.05) is 13.8 Å². The number of alkyl halides is 1. The molecule has 1 unspecified atom stereocenters. The smallest absolute Gasteiger partial charge is 0.243 e. The number of hydrogen-bond donors (Lipinski definition) is 2. The van der Waals surface area contributed by atoms with Gasteiger partial charge in [-0.25, -0.2) is 13.1 Å². The summed E-state index contributed by atoms with van der Waals surface area (Å²) in [5, 5.41) is 6.11. The first-order valence-electron chi connectivity index (χ1n) is 4.54. The first-order chi connectivity index (χ1) is 6.97. The van der Waals surface area contributed by atoms with E-state index in [2.05, 4.69) is 37.5 Å². The van der Waals surface area contributed by atoms with Gasteiger partial charge in [-0.2, -0.15) is 5.10 Å². The zero-order chi connectivity index (χ0) is 11.5. The lowest BCUT2D eigenvalue weighted by Crippen LogP contribution is -2.39. The molecule has 1 aromatic heterocycles. The fourth-order valence-electron chi connectivity index (χ4n) is 0.999. The van der Waals surface area contributed by atoms with E-state index in [1.54, 1.807) is 0 Å². The minimum atomic E-state index is -3.42. The molecular weight excluding hydrogens is 329 g/mol. The molecule has 1 rings (SSSR count). The molecule has 0 spiro atoms. The predicted molar refractivity (Wildman–Crippen MR) is 66.4 cm³/mol. The molecule has 7 heteroatoms. The average molecular weight is 343 g/mol. The van der Waals surface area contributed by atoms with Gasteiger partial charge in [0.15, 0.2) is 0 Å². The van der Waals surface area contributed by atoms with Crippen molar-refractivity contribution in [2.45, 2.75) is 24.8 Å². The number of aromatic amines is 1. The first kappa shape index (κ1) is 12.9. The molecule has 1 atom stereocenters. The lowest BCUT2D eigenvalue weighted by molar-refractivity contribution is 0.486. The van der Waals surface area contributed by atoms with Crippen LogP contribution >= 0.6 is 22.6 Å². The second kappa shape index (κ2) is 5.26. The van der Waals surface area contributed by atoms with Crippen LogP contribution in [-0.4, -0.2) is 29.1 Å². The summed E-state index contributed by atoms with van der Waals surface area (Å²) in [6.45, 7) is 3.97. The summed E-state index contributed by atoms with van der Waals surface area (Å²) in [6, 6.07) is -0.0505. The third-order valence-electron chi connectivity index (χ3n) is 2.06. The first-order valence-corrected chi connectivity index (χ1v) is 7.55. The molecule has 0 saturated carbocycles. The number of rotatable bonds is 5. The highest BCUT2D eigenvalue weighted by atomic mass is 127. The summed E-state index contributed by atoms with van der Waals surface area (Å²) in [7, 11) is -3.42. The van der Waals surface area contributed by atoms with Crippen molar-refractivity contribution < 1.29 is 8.42 Å². The number of halogens is 1. The molecule has 1 aromatic rings. The van der Waals surface area contributed by atoms with Gasteiger partial charge in [0.1, 0.15) is 4.90 Å². The fraction of sp³-hybridized carbons (Fsp3) is 0.625. The van der Waals surface area contributed by atoms with E-state index in [4.69, 9.17) is 0 Å². The molecule has 0 radical (unpaired) electrons. The number of hydrogen-bond acceptors (Lipinski definition) is 3.